The molecule has 116 valence electrons. The fraction of sp³-hybridized carbons (Fsp3) is 0.667. The molecule has 1 N–H and O–H groups in total. The maximum atomic E-state index is 5.60. The predicted molar refractivity (Wildman–Crippen MR) is 84.8 cm³/mol. The molecule has 21 heavy (non-hydrogen) atoms. The minimum Gasteiger partial charge on any atom is -0.493 e. The zero-order valence-corrected chi connectivity index (χ0v) is 13.3. The highest BCUT2D eigenvalue weighted by atomic mass is 16.5. The molecule has 0 spiro atoms. The van der Waals surface area contributed by atoms with Crippen LogP contribution < -0.4 is 10.1 Å². The lowest BCUT2D eigenvalue weighted by Crippen LogP contribution is -2.28. The van der Waals surface area contributed by atoms with Crippen molar-refractivity contribution in [2.24, 2.45) is 5.41 Å². The maximum Gasteiger partial charge on any atom is 0.122 e. The number of fused-ring (bicyclic) bond motifs is 1. The fourth-order valence-corrected chi connectivity index (χ4v) is 3.27. The van der Waals surface area contributed by atoms with Crippen molar-refractivity contribution >= 4 is 0 Å². The Morgan fingerprint density at radius 3 is 2.95 bits per heavy atom. The highest BCUT2D eigenvalue weighted by Crippen LogP contribution is 2.48. The van der Waals surface area contributed by atoms with Gasteiger partial charge >= 0.3 is 0 Å². The van der Waals surface area contributed by atoms with Crippen molar-refractivity contribution in [3.8, 4) is 5.75 Å². The zero-order chi connectivity index (χ0) is 14.7. The smallest absolute Gasteiger partial charge is 0.122 e. The second-order valence-electron chi connectivity index (χ2n) is 6.55. The van der Waals surface area contributed by atoms with Crippen LogP contribution >= 0.6 is 0 Å². The van der Waals surface area contributed by atoms with Crippen molar-refractivity contribution in [2.75, 3.05) is 26.9 Å². The van der Waals surface area contributed by atoms with Crippen LogP contribution in [0.15, 0.2) is 18.2 Å². The van der Waals surface area contributed by atoms with E-state index >= 15 is 0 Å². The Kier molecular flexibility index (Phi) is 4.51. The molecule has 1 unspecified atom stereocenters. The van der Waals surface area contributed by atoms with Crippen LogP contribution in [0.1, 0.15) is 49.8 Å². The molecule has 3 nitrogen and oxygen atoms in total. The minimum absolute atomic E-state index is 0.455. The maximum absolute atomic E-state index is 5.60. The van der Waals surface area contributed by atoms with Gasteiger partial charge in [0.1, 0.15) is 5.75 Å². The number of rotatable bonds is 8. The lowest BCUT2D eigenvalue weighted by molar-refractivity contribution is 0.170. The van der Waals surface area contributed by atoms with E-state index in [2.05, 4.69) is 30.4 Å². The second kappa shape index (κ2) is 6.37. The summed E-state index contributed by atoms with van der Waals surface area (Å²) in [5, 5.41) is 3.79. The summed E-state index contributed by atoms with van der Waals surface area (Å²) < 4.78 is 10.8. The van der Waals surface area contributed by atoms with Gasteiger partial charge in [-0.15, -0.1) is 0 Å². The molecule has 0 radical (unpaired) electrons. The van der Waals surface area contributed by atoms with Crippen molar-refractivity contribution in [2.45, 2.75) is 45.1 Å². The first-order chi connectivity index (χ1) is 10.3. The predicted octanol–water partition coefficient (Wildman–Crippen LogP) is 3.48. The van der Waals surface area contributed by atoms with Crippen LogP contribution in [0.2, 0.25) is 0 Å². The highest BCUT2D eigenvalue weighted by molar-refractivity contribution is 5.40. The molecule has 1 atom stereocenters. The molecule has 1 aliphatic carbocycles. The Bertz CT molecular complexity index is 482. The van der Waals surface area contributed by atoms with Gasteiger partial charge in [-0.3, -0.25) is 0 Å². The Morgan fingerprint density at radius 1 is 1.38 bits per heavy atom. The van der Waals surface area contributed by atoms with E-state index in [-0.39, 0.29) is 0 Å². The van der Waals surface area contributed by atoms with Gasteiger partial charge in [0.2, 0.25) is 0 Å². The van der Waals surface area contributed by atoms with Crippen LogP contribution in [-0.4, -0.2) is 26.9 Å². The van der Waals surface area contributed by atoms with Gasteiger partial charge in [0, 0.05) is 32.7 Å². The van der Waals surface area contributed by atoms with Crippen LogP contribution in [0.3, 0.4) is 0 Å². The third-order valence-electron chi connectivity index (χ3n) is 5.04. The topological polar surface area (TPSA) is 30.5 Å². The lowest BCUT2D eigenvalue weighted by atomic mass is 9.98. The third-order valence-corrected chi connectivity index (χ3v) is 5.04. The molecule has 0 bridgehead atoms. The van der Waals surface area contributed by atoms with E-state index in [1.165, 1.54) is 30.4 Å². The average molecular weight is 289 g/mol. The largest absolute Gasteiger partial charge is 0.493 e. The standard InChI is InChI=1S/C18H27NO2/c1-3-16(19-13-18(7-8-18)9-11-20-2)14-4-5-17-15(12-14)6-10-21-17/h4-5,12,16,19H,3,6-11,13H2,1-2H3. The molecule has 2 aliphatic rings. The number of hydrogen-bond donors (Lipinski definition) is 1. The van der Waals surface area contributed by atoms with E-state index in [0.29, 0.717) is 11.5 Å². The van der Waals surface area contributed by atoms with E-state index in [0.717, 1.165) is 38.3 Å². The summed E-state index contributed by atoms with van der Waals surface area (Å²) in [5.41, 5.74) is 3.28. The Labute approximate surface area is 128 Å². The first-order valence-electron chi connectivity index (χ1n) is 8.24. The van der Waals surface area contributed by atoms with Crippen LogP contribution in [0.4, 0.5) is 0 Å². The molecular formula is C18H27NO2. The summed E-state index contributed by atoms with van der Waals surface area (Å²) in [6, 6.07) is 7.15. The Morgan fingerprint density at radius 2 is 2.24 bits per heavy atom. The van der Waals surface area contributed by atoms with E-state index < -0.39 is 0 Å². The Balaban J connectivity index is 1.60. The van der Waals surface area contributed by atoms with Crippen molar-refractivity contribution in [1.29, 1.82) is 0 Å². The van der Waals surface area contributed by atoms with Crippen molar-refractivity contribution in [3.63, 3.8) is 0 Å². The van der Waals surface area contributed by atoms with Crippen molar-refractivity contribution in [1.82, 2.24) is 5.32 Å². The van der Waals surface area contributed by atoms with E-state index in [4.69, 9.17) is 9.47 Å². The lowest BCUT2D eigenvalue weighted by Gasteiger charge is -2.22. The van der Waals surface area contributed by atoms with Gasteiger partial charge < -0.3 is 14.8 Å². The van der Waals surface area contributed by atoms with Gasteiger partial charge in [-0.05, 0) is 48.3 Å². The molecule has 0 saturated heterocycles. The normalized spacial score (nSPS) is 19.9. The fourth-order valence-electron chi connectivity index (χ4n) is 3.27. The highest BCUT2D eigenvalue weighted by Gasteiger charge is 2.41. The van der Waals surface area contributed by atoms with E-state index in [9.17, 15) is 0 Å². The summed E-state index contributed by atoms with van der Waals surface area (Å²) in [6.45, 7) is 5.09. The number of benzene rings is 1. The number of ether oxygens (including phenoxy) is 2. The van der Waals surface area contributed by atoms with Gasteiger partial charge in [-0.1, -0.05) is 19.1 Å². The van der Waals surface area contributed by atoms with Crippen molar-refractivity contribution < 1.29 is 9.47 Å². The molecular weight excluding hydrogens is 262 g/mol. The molecule has 3 rings (SSSR count). The molecule has 1 heterocycles. The molecule has 0 aromatic heterocycles. The van der Waals surface area contributed by atoms with Gasteiger partial charge in [0.25, 0.3) is 0 Å². The van der Waals surface area contributed by atoms with Crippen molar-refractivity contribution in [3.05, 3.63) is 29.3 Å². The van der Waals surface area contributed by atoms with E-state index in [1.807, 2.05) is 0 Å². The average Bonchev–Trinajstić information content (AvgIpc) is 3.12. The SMILES string of the molecule is CCC(NCC1(CCOC)CC1)c1ccc2c(c1)CCO2. The molecule has 1 aliphatic heterocycles. The quantitative estimate of drug-likeness (QED) is 0.795. The van der Waals surface area contributed by atoms with Gasteiger partial charge in [-0.2, -0.15) is 0 Å². The van der Waals surface area contributed by atoms with E-state index in [1.54, 1.807) is 7.11 Å². The van der Waals surface area contributed by atoms with Crippen LogP contribution in [0, 0.1) is 5.41 Å². The van der Waals surface area contributed by atoms with Gasteiger partial charge in [0.15, 0.2) is 0 Å². The molecule has 1 fully saturated rings. The van der Waals surface area contributed by atoms with Gasteiger partial charge in [-0.25, -0.2) is 0 Å². The first kappa shape index (κ1) is 14.9. The Hall–Kier alpha value is -1.06. The zero-order valence-electron chi connectivity index (χ0n) is 13.3. The number of methoxy groups -OCH3 is 1. The summed E-state index contributed by atoms with van der Waals surface area (Å²) in [4.78, 5) is 0. The molecule has 1 aromatic rings. The second-order valence-corrected chi connectivity index (χ2v) is 6.55. The molecule has 0 amide bonds. The third kappa shape index (κ3) is 3.41. The molecule has 1 saturated carbocycles. The first-order valence-corrected chi connectivity index (χ1v) is 8.24. The molecule has 3 heteroatoms. The van der Waals surface area contributed by atoms with Crippen LogP contribution in [0.5, 0.6) is 5.75 Å². The summed E-state index contributed by atoms with van der Waals surface area (Å²) in [6.07, 6.45) is 6.05. The summed E-state index contributed by atoms with van der Waals surface area (Å²) >= 11 is 0. The molecule has 1 aromatic carbocycles. The number of hydrogen-bond acceptors (Lipinski definition) is 3. The van der Waals surface area contributed by atoms with Crippen LogP contribution in [-0.2, 0) is 11.2 Å². The monoisotopic (exact) mass is 289 g/mol. The van der Waals surface area contributed by atoms with Crippen LogP contribution in [0.25, 0.3) is 0 Å². The van der Waals surface area contributed by atoms with Gasteiger partial charge in [0.05, 0.1) is 6.61 Å². The number of nitrogens with one attached hydrogen (secondary N) is 1. The minimum atomic E-state index is 0.455. The summed E-state index contributed by atoms with van der Waals surface area (Å²) in [7, 11) is 1.80. The summed E-state index contributed by atoms with van der Waals surface area (Å²) in [5.74, 6) is 1.08.